The number of furan rings is 1. The van der Waals surface area contributed by atoms with E-state index in [-0.39, 0.29) is 0 Å². The molecular weight excluding hydrogens is 395 g/mol. The largest absolute Gasteiger partial charge is 0.459 e. The van der Waals surface area contributed by atoms with Gasteiger partial charge in [-0.3, -0.25) is 0 Å². The maximum Gasteiger partial charge on any atom is 0.134 e. The fraction of sp³-hybridized carbons (Fsp3) is 0.273. The SMILES string of the molecule is Cc1ccc(-c2ccc(CNc3ccc(N4CCOCC4)c(Cl)c3)o2)cc1Cl. The van der Waals surface area contributed by atoms with Crippen molar-refractivity contribution in [2.24, 2.45) is 0 Å². The van der Waals surface area contributed by atoms with Gasteiger partial charge in [0.2, 0.25) is 0 Å². The molecule has 0 atom stereocenters. The molecule has 6 heteroatoms. The summed E-state index contributed by atoms with van der Waals surface area (Å²) in [5, 5.41) is 4.85. The summed E-state index contributed by atoms with van der Waals surface area (Å²) in [7, 11) is 0. The average molecular weight is 417 g/mol. The van der Waals surface area contributed by atoms with Crippen molar-refractivity contribution in [3.8, 4) is 11.3 Å². The van der Waals surface area contributed by atoms with Gasteiger partial charge in [-0.25, -0.2) is 0 Å². The summed E-state index contributed by atoms with van der Waals surface area (Å²) in [5.41, 5.74) is 4.03. The van der Waals surface area contributed by atoms with Crippen molar-refractivity contribution in [3.05, 3.63) is 69.9 Å². The summed E-state index contributed by atoms with van der Waals surface area (Å²) < 4.78 is 11.4. The first-order valence-electron chi connectivity index (χ1n) is 9.31. The average Bonchev–Trinajstić information content (AvgIpc) is 3.18. The van der Waals surface area contributed by atoms with Crippen LogP contribution in [0.5, 0.6) is 0 Å². The Morgan fingerprint density at radius 2 is 1.79 bits per heavy atom. The Balaban J connectivity index is 1.41. The van der Waals surface area contributed by atoms with Crippen LogP contribution in [0.4, 0.5) is 11.4 Å². The van der Waals surface area contributed by atoms with E-state index in [0.29, 0.717) is 6.54 Å². The van der Waals surface area contributed by atoms with Gasteiger partial charge < -0.3 is 19.4 Å². The summed E-state index contributed by atoms with van der Waals surface area (Å²) in [6.45, 7) is 5.77. The molecule has 2 heterocycles. The molecule has 1 aliphatic heterocycles. The summed E-state index contributed by atoms with van der Waals surface area (Å²) in [5.74, 6) is 1.65. The van der Waals surface area contributed by atoms with E-state index in [1.807, 2.05) is 49.4 Å². The first kappa shape index (κ1) is 19.2. The van der Waals surface area contributed by atoms with Gasteiger partial charge in [0.15, 0.2) is 0 Å². The zero-order valence-corrected chi connectivity index (χ0v) is 17.2. The van der Waals surface area contributed by atoms with Gasteiger partial charge in [0.1, 0.15) is 11.5 Å². The predicted octanol–water partition coefficient (Wildman–Crippen LogP) is 6.01. The summed E-state index contributed by atoms with van der Waals surface area (Å²) in [6.07, 6.45) is 0. The molecule has 0 radical (unpaired) electrons. The summed E-state index contributed by atoms with van der Waals surface area (Å²) in [6, 6.07) is 15.9. The quantitative estimate of drug-likeness (QED) is 0.552. The van der Waals surface area contributed by atoms with Crippen LogP contribution in [0.3, 0.4) is 0 Å². The minimum absolute atomic E-state index is 0.576. The number of rotatable bonds is 5. The molecule has 0 unspecified atom stereocenters. The Morgan fingerprint density at radius 3 is 2.54 bits per heavy atom. The van der Waals surface area contributed by atoms with Gasteiger partial charge in [0.05, 0.1) is 30.5 Å². The zero-order chi connectivity index (χ0) is 19.5. The maximum atomic E-state index is 6.50. The zero-order valence-electron chi connectivity index (χ0n) is 15.7. The molecule has 4 nitrogen and oxygen atoms in total. The monoisotopic (exact) mass is 416 g/mol. The van der Waals surface area contributed by atoms with E-state index in [4.69, 9.17) is 32.4 Å². The standard InChI is InChI=1S/C22H22Cl2N2O2/c1-15-2-3-16(12-19(15)23)22-7-5-18(28-22)14-25-17-4-6-21(20(24)13-17)26-8-10-27-11-9-26/h2-7,12-13,25H,8-11,14H2,1H3. The number of halogens is 2. The van der Waals surface area contributed by atoms with E-state index in [1.54, 1.807) is 0 Å². The third-order valence-electron chi connectivity index (χ3n) is 4.88. The van der Waals surface area contributed by atoms with Gasteiger partial charge in [-0.05, 0) is 48.9 Å². The Bertz CT molecular complexity index is 965. The smallest absolute Gasteiger partial charge is 0.134 e. The highest BCUT2D eigenvalue weighted by Gasteiger charge is 2.14. The van der Waals surface area contributed by atoms with Gasteiger partial charge in [-0.1, -0.05) is 35.3 Å². The normalized spacial score (nSPS) is 14.3. The molecule has 3 aromatic rings. The molecule has 1 aliphatic rings. The number of nitrogens with zero attached hydrogens (tertiary/aromatic N) is 1. The van der Waals surface area contributed by atoms with E-state index < -0.39 is 0 Å². The lowest BCUT2D eigenvalue weighted by molar-refractivity contribution is 0.122. The van der Waals surface area contributed by atoms with Crippen LogP contribution in [-0.2, 0) is 11.3 Å². The lowest BCUT2D eigenvalue weighted by atomic mass is 10.1. The van der Waals surface area contributed by atoms with Crippen molar-refractivity contribution >= 4 is 34.6 Å². The summed E-state index contributed by atoms with van der Waals surface area (Å²) in [4.78, 5) is 2.25. The molecule has 4 rings (SSSR count). The highest BCUT2D eigenvalue weighted by atomic mass is 35.5. The fourth-order valence-electron chi connectivity index (χ4n) is 3.24. The Kier molecular flexibility index (Phi) is 5.81. The van der Waals surface area contributed by atoms with Gasteiger partial charge in [-0.15, -0.1) is 0 Å². The first-order valence-corrected chi connectivity index (χ1v) is 10.1. The van der Waals surface area contributed by atoms with Crippen LogP contribution in [0, 0.1) is 6.92 Å². The molecule has 0 saturated carbocycles. The van der Waals surface area contributed by atoms with Crippen molar-refractivity contribution in [1.82, 2.24) is 0 Å². The lowest BCUT2D eigenvalue weighted by Gasteiger charge is -2.29. The minimum Gasteiger partial charge on any atom is -0.459 e. The highest BCUT2D eigenvalue weighted by Crippen LogP contribution is 2.30. The molecule has 2 aromatic carbocycles. The third kappa shape index (κ3) is 4.30. The second kappa shape index (κ2) is 8.48. The Labute approximate surface area is 175 Å². The Hall–Kier alpha value is -2.14. The number of aryl methyl sites for hydroxylation is 1. The molecule has 1 saturated heterocycles. The van der Waals surface area contributed by atoms with E-state index in [0.717, 1.165) is 70.4 Å². The van der Waals surface area contributed by atoms with E-state index in [9.17, 15) is 0 Å². The van der Waals surface area contributed by atoms with Crippen LogP contribution in [-0.4, -0.2) is 26.3 Å². The summed E-state index contributed by atoms with van der Waals surface area (Å²) >= 11 is 12.7. The maximum absolute atomic E-state index is 6.50. The molecule has 0 spiro atoms. The van der Waals surface area contributed by atoms with Gasteiger partial charge in [0, 0.05) is 29.4 Å². The van der Waals surface area contributed by atoms with Crippen molar-refractivity contribution in [1.29, 1.82) is 0 Å². The molecule has 0 amide bonds. The minimum atomic E-state index is 0.576. The van der Waals surface area contributed by atoms with Crippen molar-refractivity contribution in [2.75, 3.05) is 36.5 Å². The molecule has 28 heavy (non-hydrogen) atoms. The van der Waals surface area contributed by atoms with Crippen LogP contribution < -0.4 is 10.2 Å². The van der Waals surface area contributed by atoms with Crippen LogP contribution in [0.25, 0.3) is 11.3 Å². The third-order valence-corrected chi connectivity index (χ3v) is 5.59. The topological polar surface area (TPSA) is 37.6 Å². The van der Waals surface area contributed by atoms with Crippen molar-refractivity contribution in [3.63, 3.8) is 0 Å². The highest BCUT2D eigenvalue weighted by molar-refractivity contribution is 6.33. The predicted molar refractivity (Wildman–Crippen MR) is 116 cm³/mol. The van der Waals surface area contributed by atoms with Gasteiger partial charge in [0.25, 0.3) is 0 Å². The molecule has 1 aromatic heterocycles. The van der Waals surface area contributed by atoms with Crippen LogP contribution >= 0.6 is 23.2 Å². The number of benzene rings is 2. The van der Waals surface area contributed by atoms with Crippen molar-refractivity contribution in [2.45, 2.75) is 13.5 Å². The number of nitrogens with one attached hydrogen (secondary N) is 1. The number of anilines is 2. The molecular formula is C22H22Cl2N2O2. The number of hydrogen-bond acceptors (Lipinski definition) is 4. The molecule has 0 bridgehead atoms. The van der Waals surface area contributed by atoms with Crippen molar-refractivity contribution < 1.29 is 9.15 Å². The molecule has 0 aliphatic carbocycles. The van der Waals surface area contributed by atoms with Gasteiger partial charge in [-0.2, -0.15) is 0 Å². The molecule has 1 N–H and O–H groups in total. The van der Waals surface area contributed by atoms with Crippen LogP contribution in [0.2, 0.25) is 10.0 Å². The number of morpholine rings is 1. The van der Waals surface area contributed by atoms with Crippen LogP contribution in [0.1, 0.15) is 11.3 Å². The molecule has 146 valence electrons. The van der Waals surface area contributed by atoms with E-state index in [2.05, 4.69) is 16.3 Å². The number of ether oxygens (including phenoxy) is 1. The Morgan fingerprint density at radius 1 is 0.964 bits per heavy atom. The van der Waals surface area contributed by atoms with E-state index in [1.165, 1.54) is 0 Å². The fourth-order valence-corrected chi connectivity index (χ4v) is 3.72. The van der Waals surface area contributed by atoms with Crippen LogP contribution in [0.15, 0.2) is 52.9 Å². The second-order valence-electron chi connectivity index (χ2n) is 6.85. The lowest BCUT2D eigenvalue weighted by Crippen LogP contribution is -2.36. The van der Waals surface area contributed by atoms with Gasteiger partial charge >= 0.3 is 0 Å². The second-order valence-corrected chi connectivity index (χ2v) is 7.66. The van der Waals surface area contributed by atoms with E-state index >= 15 is 0 Å². The number of hydrogen-bond donors (Lipinski definition) is 1. The molecule has 1 fully saturated rings. The first-order chi connectivity index (χ1) is 13.6.